The lowest BCUT2D eigenvalue weighted by atomic mass is 10.1. The number of ether oxygens (including phenoxy) is 2. The minimum atomic E-state index is -0.651. The molecular formula is C20H20N4O3. The zero-order valence-corrected chi connectivity index (χ0v) is 15.1. The van der Waals surface area contributed by atoms with Gasteiger partial charge in [-0.05, 0) is 36.8 Å². The highest BCUT2D eigenvalue weighted by Crippen LogP contribution is 2.32. The van der Waals surface area contributed by atoms with E-state index < -0.39 is 6.10 Å². The number of rotatable bonds is 4. The lowest BCUT2D eigenvalue weighted by Gasteiger charge is -2.32. The molecule has 1 aliphatic heterocycles. The number of nitrogens with zero attached hydrogens (tertiary/aromatic N) is 4. The third-order valence-electron chi connectivity index (χ3n) is 4.77. The monoisotopic (exact) mass is 364 g/mol. The van der Waals surface area contributed by atoms with Gasteiger partial charge in [-0.15, -0.1) is 0 Å². The third kappa shape index (κ3) is 3.36. The van der Waals surface area contributed by atoms with Gasteiger partial charge in [-0.1, -0.05) is 24.3 Å². The SMILES string of the molecule is CC(c1ccc(-n2cncn2)cc1)N(C)C(=O)C1COc2ccccc2O1. The number of carbonyl (C=O) groups excluding carboxylic acids is 1. The van der Waals surface area contributed by atoms with Crippen molar-refractivity contribution in [2.75, 3.05) is 13.7 Å². The molecule has 1 amide bonds. The van der Waals surface area contributed by atoms with Crippen molar-refractivity contribution in [1.29, 1.82) is 0 Å². The van der Waals surface area contributed by atoms with E-state index in [1.165, 1.54) is 6.33 Å². The van der Waals surface area contributed by atoms with Gasteiger partial charge in [0.05, 0.1) is 11.7 Å². The number of carbonyl (C=O) groups is 1. The molecule has 0 saturated heterocycles. The molecule has 0 radical (unpaired) electrons. The highest BCUT2D eigenvalue weighted by Gasteiger charge is 2.31. The van der Waals surface area contributed by atoms with Crippen molar-refractivity contribution in [2.24, 2.45) is 0 Å². The Morgan fingerprint density at radius 3 is 2.63 bits per heavy atom. The van der Waals surface area contributed by atoms with E-state index in [2.05, 4.69) is 10.1 Å². The number of para-hydroxylation sites is 2. The van der Waals surface area contributed by atoms with Gasteiger partial charge in [-0.2, -0.15) is 5.10 Å². The van der Waals surface area contributed by atoms with Gasteiger partial charge >= 0.3 is 0 Å². The summed E-state index contributed by atoms with van der Waals surface area (Å²) in [5.74, 6) is 1.15. The van der Waals surface area contributed by atoms with Gasteiger partial charge in [0.15, 0.2) is 11.5 Å². The first-order valence-electron chi connectivity index (χ1n) is 8.73. The Balaban J connectivity index is 1.46. The number of hydrogen-bond donors (Lipinski definition) is 0. The van der Waals surface area contributed by atoms with Gasteiger partial charge in [0, 0.05) is 7.05 Å². The molecule has 1 aliphatic rings. The molecule has 7 nitrogen and oxygen atoms in total. The van der Waals surface area contributed by atoms with Gasteiger partial charge in [-0.3, -0.25) is 4.79 Å². The van der Waals surface area contributed by atoms with Crippen LogP contribution in [0.3, 0.4) is 0 Å². The maximum atomic E-state index is 12.9. The van der Waals surface area contributed by atoms with E-state index in [1.807, 2.05) is 49.4 Å². The lowest BCUT2D eigenvalue weighted by Crippen LogP contribution is -2.45. The van der Waals surface area contributed by atoms with Crippen molar-refractivity contribution in [3.8, 4) is 17.2 Å². The first-order valence-corrected chi connectivity index (χ1v) is 8.73. The summed E-state index contributed by atoms with van der Waals surface area (Å²) in [5.41, 5.74) is 1.94. The van der Waals surface area contributed by atoms with E-state index in [-0.39, 0.29) is 18.6 Å². The van der Waals surface area contributed by atoms with Crippen LogP contribution in [0, 0.1) is 0 Å². The second-order valence-electron chi connectivity index (χ2n) is 6.42. The smallest absolute Gasteiger partial charge is 0.267 e. The van der Waals surface area contributed by atoms with Gasteiger partial charge in [-0.25, -0.2) is 9.67 Å². The van der Waals surface area contributed by atoms with Crippen molar-refractivity contribution in [3.05, 3.63) is 66.7 Å². The van der Waals surface area contributed by atoms with Crippen LogP contribution in [0.1, 0.15) is 18.5 Å². The van der Waals surface area contributed by atoms with E-state index in [1.54, 1.807) is 29.0 Å². The quantitative estimate of drug-likeness (QED) is 0.712. The second-order valence-corrected chi connectivity index (χ2v) is 6.42. The predicted octanol–water partition coefficient (Wildman–Crippen LogP) is 2.63. The minimum Gasteiger partial charge on any atom is -0.485 e. The summed E-state index contributed by atoms with van der Waals surface area (Å²) in [5, 5.41) is 4.11. The van der Waals surface area contributed by atoms with Gasteiger partial charge < -0.3 is 14.4 Å². The van der Waals surface area contributed by atoms with Crippen LogP contribution in [0.25, 0.3) is 5.69 Å². The van der Waals surface area contributed by atoms with E-state index in [0.717, 1.165) is 11.3 Å². The number of aromatic nitrogens is 3. The average molecular weight is 364 g/mol. The van der Waals surface area contributed by atoms with Gasteiger partial charge in [0.25, 0.3) is 5.91 Å². The Bertz CT molecular complexity index is 925. The molecule has 138 valence electrons. The van der Waals surface area contributed by atoms with Crippen LogP contribution in [-0.2, 0) is 4.79 Å². The molecular weight excluding hydrogens is 344 g/mol. The van der Waals surface area contributed by atoms with E-state index >= 15 is 0 Å². The van der Waals surface area contributed by atoms with E-state index in [4.69, 9.17) is 9.47 Å². The summed E-state index contributed by atoms with van der Waals surface area (Å²) >= 11 is 0. The molecule has 0 fully saturated rings. The fourth-order valence-electron chi connectivity index (χ4n) is 3.03. The first kappa shape index (κ1) is 17.1. The predicted molar refractivity (Wildman–Crippen MR) is 98.9 cm³/mol. The van der Waals surface area contributed by atoms with Crippen molar-refractivity contribution in [2.45, 2.75) is 19.1 Å². The Hall–Kier alpha value is -3.35. The lowest BCUT2D eigenvalue weighted by molar-refractivity contribution is -0.141. The molecule has 27 heavy (non-hydrogen) atoms. The minimum absolute atomic E-state index is 0.108. The highest BCUT2D eigenvalue weighted by molar-refractivity contribution is 5.82. The molecule has 4 rings (SSSR count). The molecule has 0 aliphatic carbocycles. The number of amides is 1. The molecule has 7 heteroatoms. The first-order chi connectivity index (χ1) is 13.1. The van der Waals surface area contributed by atoms with Crippen LogP contribution >= 0.6 is 0 Å². The Labute approximate surface area is 157 Å². The van der Waals surface area contributed by atoms with Crippen molar-refractivity contribution < 1.29 is 14.3 Å². The highest BCUT2D eigenvalue weighted by atomic mass is 16.6. The molecule has 0 saturated carbocycles. The van der Waals surface area contributed by atoms with Crippen molar-refractivity contribution in [3.63, 3.8) is 0 Å². The summed E-state index contributed by atoms with van der Waals surface area (Å²) in [6.07, 6.45) is 2.49. The number of likely N-dealkylation sites (N-methyl/N-ethyl adjacent to an activating group) is 1. The van der Waals surface area contributed by atoms with Crippen LogP contribution in [0.2, 0.25) is 0 Å². The largest absolute Gasteiger partial charge is 0.485 e. The third-order valence-corrected chi connectivity index (χ3v) is 4.77. The van der Waals surface area contributed by atoms with Crippen molar-refractivity contribution in [1.82, 2.24) is 19.7 Å². The van der Waals surface area contributed by atoms with Crippen LogP contribution in [0.15, 0.2) is 61.2 Å². The molecule has 2 aromatic carbocycles. The van der Waals surface area contributed by atoms with E-state index in [0.29, 0.717) is 11.5 Å². The zero-order valence-electron chi connectivity index (χ0n) is 15.1. The van der Waals surface area contributed by atoms with Gasteiger partial charge in [0.1, 0.15) is 19.3 Å². The molecule has 1 aromatic heterocycles. The summed E-state index contributed by atoms with van der Waals surface area (Å²) < 4.78 is 13.2. The fourth-order valence-corrected chi connectivity index (χ4v) is 3.03. The number of fused-ring (bicyclic) bond motifs is 1. The normalized spacial score (nSPS) is 16.6. The Morgan fingerprint density at radius 2 is 1.93 bits per heavy atom. The Kier molecular flexibility index (Phi) is 4.50. The molecule has 0 bridgehead atoms. The second kappa shape index (κ2) is 7.11. The van der Waals surface area contributed by atoms with Crippen LogP contribution < -0.4 is 9.47 Å². The molecule has 2 unspecified atom stereocenters. The van der Waals surface area contributed by atoms with E-state index in [9.17, 15) is 4.79 Å². The standard InChI is InChI=1S/C20H20N4O3/c1-14(15-7-9-16(10-8-15)24-13-21-12-22-24)23(2)20(25)19-11-26-17-5-3-4-6-18(17)27-19/h3-10,12-14,19H,11H2,1-2H3. The van der Waals surface area contributed by atoms with Crippen LogP contribution in [-0.4, -0.2) is 45.3 Å². The molecule has 3 aromatic rings. The number of hydrogen-bond acceptors (Lipinski definition) is 5. The van der Waals surface area contributed by atoms with Crippen LogP contribution in [0.5, 0.6) is 11.5 Å². The maximum Gasteiger partial charge on any atom is 0.267 e. The van der Waals surface area contributed by atoms with Crippen molar-refractivity contribution >= 4 is 5.91 Å². The Morgan fingerprint density at radius 1 is 1.19 bits per heavy atom. The maximum absolute atomic E-state index is 12.9. The summed E-state index contributed by atoms with van der Waals surface area (Å²) in [4.78, 5) is 18.5. The topological polar surface area (TPSA) is 69.5 Å². The molecule has 0 spiro atoms. The number of benzene rings is 2. The fraction of sp³-hybridized carbons (Fsp3) is 0.250. The molecule has 2 atom stereocenters. The summed E-state index contributed by atoms with van der Waals surface area (Å²) in [6, 6.07) is 15.1. The van der Waals surface area contributed by atoms with Gasteiger partial charge in [0.2, 0.25) is 6.10 Å². The molecule has 0 N–H and O–H groups in total. The summed E-state index contributed by atoms with van der Waals surface area (Å²) in [6.45, 7) is 2.19. The zero-order chi connectivity index (χ0) is 18.8. The van der Waals surface area contributed by atoms with Crippen LogP contribution in [0.4, 0.5) is 0 Å². The summed E-state index contributed by atoms with van der Waals surface area (Å²) in [7, 11) is 1.78. The molecule has 2 heterocycles. The average Bonchev–Trinajstić information content (AvgIpc) is 3.27.